The molecule has 7 heterocycles. The van der Waals surface area contributed by atoms with Crippen LogP contribution >= 0.6 is 0 Å². The molecule has 58 heavy (non-hydrogen) atoms. The van der Waals surface area contributed by atoms with Crippen LogP contribution in [0.4, 0.5) is 22.7 Å². The maximum absolute atomic E-state index is 6.14. The Labute approximate surface area is 340 Å². The summed E-state index contributed by atoms with van der Waals surface area (Å²) in [6, 6.07) is 38.4. The van der Waals surface area contributed by atoms with E-state index in [9.17, 15) is 0 Å². The first-order valence-corrected chi connectivity index (χ1v) is 20.2. The minimum atomic E-state index is 0.0683. The molecule has 10 rings (SSSR count). The highest BCUT2D eigenvalue weighted by Gasteiger charge is 2.39. The smallest absolute Gasteiger partial charge is 0.149 e. The van der Waals surface area contributed by atoms with Crippen LogP contribution in [0.3, 0.4) is 0 Å². The number of nitrogens with zero attached hydrogens (tertiary/aromatic N) is 6. The van der Waals surface area contributed by atoms with Crippen molar-refractivity contribution in [2.45, 2.75) is 53.0 Å². The Kier molecular flexibility index (Phi) is 9.80. The highest BCUT2D eigenvalue weighted by Crippen LogP contribution is 2.52. The van der Waals surface area contributed by atoms with Crippen LogP contribution in [0.5, 0.6) is 5.75 Å². The normalized spacial score (nSPS) is 20.0. The van der Waals surface area contributed by atoms with Crippen LogP contribution in [-0.4, -0.2) is 25.6 Å². The molecule has 0 amide bonds. The van der Waals surface area contributed by atoms with Crippen molar-refractivity contribution in [1.29, 1.82) is 0 Å². The van der Waals surface area contributed by atoms with E-state index in [0.717, 1.165) is 80.3 Å². The number of allylic oxidation sites excluding steroid dienone is 7. The maximum atomic E-state index is 6.14. The number of rotatable bonds is 3. The lowest BCUT2D eigenvalue weighted by molar-refractivity contribution is 0.440. The second-order valence-corrected chi connectivity index (χ2v) is 14.5. The Balaban J connectivity index is 0.00000215. The fourth-order valence-electron chi connectivity index (χ4n) is 8.79. The van der Waals surface area contributed by atoms with Crippen molar-refractivity contribution in [3.05, 3.63) is 187 Å². The summed E-state index contributed by atoms with van der Waals surface area (Å²) in [7, 11) is 0. The minimum absolute atomic E-state index is 0.0683. The number of para-hydroxylation sites is 2. The second kappa shape index (κ2) is 15.5. The predicted molar refractivity (Wildman–Crippen MR) is 240 cm³/mol. The van der Waals surface area contributed by atoms with Crippen LogP contribution in [0.25, 0.3) is 38.8 Å². The SMILES string of the molecule is C=C1/C=C\C(n2c3cccnc3c3c4c(ccc32)/C(C)=C/CCC2/C(=C(\C)N4c3ccccc3)c3ncccc3N2c2ccccc2)=C/Cc2ncccc2O1.CC. The average Bonchev–Trinajstić information content (AvgIpc) is 3.80. The number of anilines is 4. The van der Waals surface area contributed by atoms with Crippen LogP contribution in [0.15, 0.2) is 170 Å². The van der Waals surface area contributed by atoms with Crippen molar-refractivity contribution in [3.63, 3.8) is 0 Å². The van der Waals surface area contributed by atoms with E-state index in [1.54, 1.807) is 0 Å². The van der Waals surface area contributed by atoms with Crippen molar-refractivity contribution < 1.29 is 4.74 Å². The van der Waals surface area contributed by atoms with E-state index in [-0.39, 0.29) is 6.04 Å². The Hall–Kier alpha value is -6.99. The van der Waals surface area contributed by atoms with Crippen LogP contribution in [0.2, 0.25) is 0 Å². The number of pyridine rings is 3. The molecule has 1 unspecified atom stereocenters. The van der Waals surface area contributed by atoms with Crippen molar-refractivity contribution in [2.24, 2.45) is 0 Å². The van der Waals surface area contributed by atoms with Gasteiger partial charge in [-0.2, -0.15) is 0 Å². The van der Waals surface area contributed by atoms with Crippen LogP contribution in [0.1, 0.15) is 57.5 Å². The van der Waals surface area contributed by atoms with Crippen LogP contribution < -0.4 is 14.5 Å². The van der Waals surface area contributed by atoms with Crippen LogP contribution in [0, 0.1) is 0 Å². The summed E-state index contributed by atoms with van der Waals surface area (Å²) >= 11 is 0. The van der Waals surface area contributed by atoms with Crippen molar-refractivity contribution in [3.8, 4) is 5.75 Å². The standard InChI is InChI=1S/C49H40N6O.C2H6/c1-32-14-10-19-40-45(47-42(20-11-30-51-47)54(40)36-17-8-5-9-18-36)34(3)53(35-15-6-4-7-16-35)49-38(32)26-28-41-46(49)48-43(21-12-31-52-48)55(41)37-24-23-33(2)56-44-22-13-29-50-39(44)27-25-37;1-2/h4-9,11-18,20-26,28-31,40H,2,10,19,27H2,1,3H3;1-2H3/b24-23-,32-14+,37-25+,45-34-;. The lowest BCUT2D eigenvalue weighted by Crippen LogP contribution is -2.29. The third kappa shape index (κ3) is 6.20. The Bertz CT molecular complexity index is 2810. The summed E-state index contributed by atoms with van der Waals surface area (Å²) in [6.45, 7) is 12.7. The summed E-state index contributed by atoms with van der Waals surface area (Å²) in [4.78, 5) is 19.9. The van der Waals surface area contributed by atoms with E-state index in [4.69, 9.17) is 14.7 Å². The van der Waals surface area contributed by atoms with E-state index in [1.807, 2.05) is 56.7 Å². The van der Waals surface area contributed by atoms with Gasteiger partial charge in [-0.15, -0.1) is 0 Å². The molecule has 3 aliphatic heterocycles. The van der Waals surface area contributed by atoms with Gasteiger partial charge in [0.15, 0.2) is 0 Å². The van der Waals surface area contributed by atoms with Crippen LogP contribution in [-0.2, 0) is 6.42 Å². The van der Waals surface area contributed by atoms with E-state index < -0.39 is 0 Å². The monoisotopic (exact) mass is 758 g/mol. The molecule has 0 radical (unpaired) electrons. The number of benzene rings is 3. The molecule has 3 aliphatic rings. The second-order valence-electron chi connectivity index (χ2n) is 14.5. The van der Waals surface area contributed by atoms with Crippen molar-refractivity contribution in [2.75, 3.05) is 9.80 Å². The molecular weight excluding hydrogens is 713 g/mol. The zero-order valence-electron chi connectivity index (χ0n) is 33.4. The summed E-state index contributed by atoms with van der Waals surface area (Å²) in [5, 5.41) is 1.08. The van der Waals surface area contributed by atoms with Crippen molar-refractivity contribution >= 4 is 61.5 Å². The summed E-state index contributed by atoms with van der Waals surface area (Å²) in [5.41, 5.74) is 15.1. The van der Waals surface area contributed by atoms with Gasteiger partial charge in [-0.05, 0) is 111 Å². The zero-order valence-corrected chi connectivity index (χ0v) is 33.4. The zero-order chi connectivity index (χ0) is 39.8. The van der Waals surface area contributed by atoms with Gasteiger partial charge in [-0.3, -0.25) is 15.0 Å². The fourth-order valence-corrected chi connectivity index (χ4v) is 8.79. The van der Waals surface area contributed by atoms with Gasteiger partial charge < -0.3 is 19.1 Å². The number of hydrogen-bond acceptors (Lipinski definition) is 6. The van der Waals surface area contributed by atoms with Gasteiger partial charge in [0.2, 0.25) is 0 Å². The molecular formula is C51H46N6O. The van der Waals surface area contributed by atoms with Gasteiger partial charge >= 0.3 is 0 Å². The van der Waals surface area contributed by atoms with E-state index in [0.29, 0.717) is 17.9 Å². The molecule has 0 fully saturated rings. The molecule has 0 saturated carbocycles. The Morgan fingerprint density at radius 1 is 0.707 bits per heavy atom. The first kappa shape index (κ1) is 36.6. The fraction of sp³-hybridized carbons (Fsp3) is 0.157. The van der Waals surface area contributed by atoms with Gasteiger partial charge in [0.05, 0.1) is 50.7 Å². The molecule has 286 valence electrons. The van der Waals surface area contributed by atoms with Gasteiger partial charge in [0, 0.05) is 58.9 Å². The Morgan fingerprint density at radius 3 is 2.24 bits per heavy atom. The largest absolute Gasteiger partial charge is 0.456 e. The summed E-state index contributed by atoms with van der Waals surface area (Å²) < 4.78 is 8.46. The molecule has 3 aromatic carbocycles. The lowest BCUT2D eigenvalue weighted by atomic mass is 9.93. The molecule has 7 heteroatoms. The first-order valence-electron chi connectivity index (χ1n) is 20.2. The quantitative estimate of drug-likeness (QED) is 0.179. The highest BCUT2D eigenvalue weighted by atomic mass is 16.5. The molecule has 7 nitrogen and oxygen atoms in total. The highest BCUT2D eigenvalue weighted by molar-refractivity contribution is 6.17. The third-order valence-corrected chi connectivity index (χ3v) is 11.2. The van der Waals surface area contributed by atoms with Gasteiger partial charge in [0.25, 0.3) is 0 Å². The predicted octanol–water partition coefficient (Wildman–Crippen LogP) is 12.8. The molecule has 0 saturated heterocycles. The molecule has 4 aromatic heterocycles. The minimum Gasteiger partial charge on any atom is -0.456 e. The van der Waals surface area contributed by atoms with Gasteiger partial charge in [0.1, 0.15) is 11.5 Å². The first-order chi connectivity index (χ1) is 28.6. The van der Waals surface area contributed by atoms with Gasteiger partial charge in [-0.1, -0.05) is 75.0 Å². The van der Waals surface area contributed by atoms with Crippen molar-refractivity contribution in [1.82, 2.24) is 19.5 Å². The molecule has 1 atom stereocenters. The summed E-state index contributed by atoms with van der Waals surface area (Å²) in [6.07, 6.45) is 16.7. The molecule has 7 aromatic rings. The summed E-state index contributed by atoms with van der Waals surface area (Å²) in [5.74, 6) is 1.26. The molecule has 0 spiro atoms. The maximum Gasteiger partial charge on any atom is 0.149 e. The van der Waals surface area contributed by atoms with E-state index >= 15 is 0 Å². The van der Waals surface area contributed by atoms with Gasteiger partial charge in [-0.25, -0.2) is 0 Å². The number of aromatic nitrogens is 4. The Morgan fingerprint density at radius 2 is 1.43 bits per heavy atom. The number of fused-ring (bicyclic) bond motifs is 9. The molecule has 0 aliphatic carbocycles. The number of ether oxygens (including phenoxy) is 1. The lowest BCUT2D eigenvalue weighted by Gasteiger charge is -2.34. The topological polar surface area (TPSA) is 59.3 Å². The molecule has 0 bridgehead atoms. The van der Waals surface area contributed by atoms with E-state index in [2.05, 4.69) is 149 Å². The number of hydrogen-bond donors (Lipinski definition) is 0. The van der Waals surface area contributed by atoms with E-state index in [1.165, 1.54) is 16.7 Å². The third-order valence-electron chi connectivity index (χ3n) is 11.2. The molecule has 0 N–H and O–H groups in total. The average molecular weight is 759 g/mol.